The van der Waals surface area contributed by atoms with Gasteiger partial charge in [0.05, 0.1) is 5.01 Å². The molecule has 0 aliphatic rings. The zero-order valence-electron chi connectivity index (χ0n) is 13.8. The van der Waals surface area contributed by atoms with Gasteiger partial charge in [-0.25, -0.2) is 9.37 Å². The predicted molar refractivity (Wildman–Crippen MR) is 94.4 cm³/mol. The number of nitrogens with one attached hydrogen (secondary N) is 1. The van der Waals surface area contributed by atoms with E-state index in [4.69, 9.17) is 0 Å². The number of aromatic nitrogens is 1. The molecular weight excluding hydrogens is 311 g/mol. The lowest BCUT2D eigenvalue weighted by Crippen LogP contribution is -2.38. The number of hydrogen-bond acceptors (Lipinski definition) is 3. The highest BCUT2D eigenvalue weighted by molar-refractivity contribution is 7.11. The minimum absolute atomic E-state index is 0.212. The lowest BCUT2D eigenvalue weighted by Gasteiger charge is -2.22. The molecule has 2 aromatic rings. The number of thiazole rings is 1. The van der Waals surface area contributed by atoms with Crippen LogP contribution in [-0.4, -0.2) is 36.0 Å². The summed E-state index contributed by atoms with van der Waals surface area (Å²) in [6.45, 7) is 6.30. The fourth-order valence-corrected chi connectivity index (χ4v) is 2.96. The second kappa shape index (κ2) is 8.62. The number of rotatable bonds is 6. The number of nitrogens with zero attached hydrogens (tertiary/aromatic N) is 3. The third-order valence-electron chi connectivity index (χ3n) is 3.29. The van der Waals surface area contributed by atoms with Gasteiger partial charge in [0.2, 0.25) is 0 Å². The van der Waals surface area contributed by atoms with E-state index in [0.717, 1.165) is 29.5 Å². The summed E-state index contributed by atoms with van der Waals surface area (Å²) >= 11 is 1.72. The summed E-state index contributed by atoms with van der Waals surface area (Å²) < 4.78 is 13.0. The third-order valence-corrected chi connectivity index (χ3v) is 4.26. The number of hydrogen-bond donors (Lipinski definition) is 1. The minimum atomic E-state index is -0.212. The molecule has 0 saturated carbocycles. The molecule has 1 heterocycles. The Morgan fingerprint density at radius 3 is 2.70 bits per heavy atom. The van der Waals surface area contributed by atoms with Crippen molar-refractivity contribution >= 4 is 17.3 Å². The Morgan fingerprint density at radius 1 is 1.35 bits per heavy atom. The Kier molecular flexibility index (Phi) is 6.52. The van der Waals surface area contributed by atoms with Crippen LogP contribution in [0.1, 0.15) is 22.4 Å². The van der Waals surface area contributed by atoms with Gasteiger partial charge in [-0.3, -0.25) is 4.99 Å². The van der Waals surface area contributed by atoms with Crippen LogP contribution in [0, 0.1) is 12.7 Å². The average Bonchev–Trinajstić information content (AvgIpc) is 2.94. The van der Waals surface area contributed by atoms with E-state index in [1.807, 2.05) is 25.1 Å². The molecule has 0 bridgehead atoms. The second-order valence-corrected chi connectivity index (χ2v) is 6.65. The maximum absolute atomic E-state index is 13.0. The van der Waals surface area contributed by atoms with Crippen LogP contribution in [0.3, 0.4) is 0 Å². The maximum atomic E-state index is 13.0. The van der Waals surface area contributed by atoms with Gasteiger partial charge in [0.15, 0.2) is 5.96 Å². The van der Waals surface area contributed by atoms with Crippen molar-refractivity contribution < 1.29 is 4.39 Å². The van der Waals surface area contributed by atoms with E-state index >= 15 is 0 Å². The zero-order chi connectivity index (χ0) is 16.7. The van der Waals surface area contributed by atoms with Crippen LogP contribution < -0.4 is 5.32 Å². The fourth-order valence-electron chi connectivity index (χ4n) is 2.18. The molecular formula is C17H23FN4S. The number of guanidine groups is 1. The molecule has 0 aliphatic carbocycles. The van der Waals surface area contributed by atoms with Crippen molar-refractivity contribution in [1.82, 2.24) is 15.2 Å². The van der Waals surface area contributed by atoms with Crippen molar-refractivity contribution in [3.8, 4) is 0 Å². The highest BCUT2D eigenvalue weighted by atomic mass is 32.1. The molecule has 0 radical (unpaired) electrons. The highest BCUT2D eigenvalue weighted by Gasteiger charge is 2.07. The Hall–Kier alpha value is -1.95. The minimum Gasteiger partial charge on any atom is -0.357 e. The monoisotopic (exact) mass is 334 g/mol. The molecule has 1 N–H and O–H groups in total. The highest BCUT2D eigenvalue weighted by Crippen LogP contribution is 2.11. The average molecular weight is 334 g/mol. The summed E-state index contributed by atoms with van der Waals surface area (Å²) in [5.41, 5.74) is 1.05. The van der Waals surface area contributed by atoms with E-state index in [1.54, 1.807) is 23.5 Å². The molecule has 4 nitrogen and oxygen atoms in total. The van der Waals surface area contributed by atoms with Gasteiger partial charge >= 0.3 is 0 Å². The topological polar surface area (TPSA) is 40.5 Å². The molecule has 1 aromatic heterocycles. The fraction of sp³-hybridized carbons (Fsp3) is 0.412. The molecule has 0 aliphatic heterocycles. The standard InChI is InChI=1S/C17H23FN4S/c1-4-19-17(20-10-9-16-21-11-13(2)23-16)22(3)12-14-5-7-15(18)8-6-14/h5-8,11H,4,9-10,12H2,1-3H3,(H,19,20). The van der Waals surface area contributed by atoms with Crippen LogP contribution in [0.15, 0.2) is 35.5 Å². The maximum Gasteiger partial charge on any atom is 0.193 e. The van der Waals surface area contributed by atoms with Crippen molar-refractivity contribution in [3.05, 3.63) is 51.7 Å². The Bertz CT molecular complexity index is 636. The smallest absolute Gasteiger partial charge is 0.193 e. The molecule has 1 aromatic carbocycles. The van der Waals surface area contributed by atoms with E-state index in [9.17, 15) is 4.39 Å². The number of aliphatic imine (C=N–C) groups is 1. The van der Waals surface area contributed by atoms with Gasteiger partial charge in [0.1, 0.15) is 5.82 Å². The second-order valence-electron chi connectivity index (χ2n) is 5.33. The Morgan fingerprint density at radius 2 is 2.09 bits per heavy atom. The third kappa shape index (κ3) is 5.63. The normalized spacial score (nSPS) is 11.6. The molecule has 0 fully saturated rings. The summed E-state index contributed by atoms with van der Waals surface area (Å²) in [5.74, 6) is 0.640. The summed E-state index contributed by atoms with van der Waals surface area (Å²) in [6, 6.07) is 6.57. The van der Waals surface area contributed by atoms with E-state index < -0.39 is 0 Å². The van der Waals surface area contributed by atoms with Crippen LogP contribution in [0.4, 0.5) is 4.39 Å². The SMILES string of the molecule is CCNC(=NCCc1ncc(C)s1)N(C)Cc1ccc(F)cc1. The summed E-state index contributed by atoms with van der Waals surface area (Å²) in [4.78, 5) is 12.3. The van der Waals surface area contributed by atoms with Crippen LogP contribution in [0.5, 0.6) is 0 Å². The van der Waals surface area contributed by atoms with Gasteiger partial charge < -0.3 is 10.2 Å². The van der Waals surface area contributed by atoms with Gasteiger partial charge in [-0.15, -0.1) is 11.3 Å². The number of halogens is 1. The van der Waals surface area contributed by atoms with Crippen LogP contribution in [-0.2, 0) is 13.0 Å². The van der Waals surface area contributed by atoms with E-state index in [0.29, 0.717) is 13.1 Å². The van der Waals surface area contributed by atoms with Crippen molar-refractivity contribution in [2.45, 2.75) is 26.8 Å². The van der Waals surface area contributed by atoms with E-state index in [-0.39, 0.29) is 5.82 Å². The zero-order valence-corrected chi connectivity index (χ0v) is 14.7. The van der Waals surface area contributed by atoms with Crippen LogP contribution in [0.25, 0.3) is 0 Å². The Labute approximate surface area is 141 Å². The van der Waals surface area contributed by atoms with Crippen molar-refractivity contribution in [2.75, 3.05) is 20.1 Å². The molecule has 23 heavy (non-hydrogen) atoms. The first-order valence-electron chi connectivity index (χ1n) is 7.73. The first-order valence-corrected chi connectivity index (χ1v) is 8.55. The van der Waals surface area contributed by atoms with Gasteiger partial charge in [-0.2, -0.15) is 0 Å². The van der Waals surface area contributed by atoms with Gasteiger partial charge in [0, 0.05) is 44.2 Å². The molecule has 2 rings (SSSR count). The quantitative estimate of drug-likeness (QED) is 0.651. The summed E-state index contributed by atoms with van der Waals surface area (Å²) in [6.07, 6.45) is 2.74. The first-order chi connectivity index (χ1) is 11.1. The van der Waals surface area contributed by atoms with Crippen molar-refractivity contribution in [2.24, 2.45) is 4.99 Å². The van der Waals surface area contributed by atoms with Crippen LogP contribution in [0.2, 0.25) is 0 Å². The number of benzene rings is 1. The summed E-state index contributed by atoms with van der Waals surface area (Å²) in [5, 5.41) is 4.40. The molecule has 0 amide bonds. The van der Waals surface area contributed by atoms with E-state index in [2.05, 4.69) is 22.2 Å². The van der Waals surface area contributed by atoms with Crippen LogP contribution >= 0.6 is 11.3 Å². The number of aryl methyl sites for hydroxylation is 1. The Balaban J connectivity index is 1.95. The molecule has 6 heteroatoms. The van der Waals surface area contributed by atoms with Gasteiger partial charge in [0.25, 0.3) is 0 Å². The molecule has 0 spiro atoms. The van der Waals surface area contributed by atoms with E-state index in [1.165, 1.54) is 17.0 Å². The van der Waals surface area contributed by atoms with Crippen molar-refractivity contribution in [1.29, 1.82) is 0 Å². The van der Waals surface area contributed by atoms with Gasteiger partial charge in [-0.1, -0.05) is 12.1 Å². The lowest BCUT2D eigenvalue weighted by molar-refractivity contribution is 0.476. The molecule has 0 atom stereocenters. The lowest BCUT2D eigenvalue weighted by atomic mass is 10.2. The van der Waals surface area contributed by atoms with Crippen molar-refractivity contribution in [3.63, 3.8) is 0 Å². The molecule has 124 valence electrons. The molecule has 0 saturated heterocycles. The predicted octanol–water partition coefficient (Wildman–Crippen LogP) is 3.23. The summed E-state index contributed by atoms with van der Waals surface area (Å²) in [7, 11) is 1.98. The van der Waals surface area contributed by atoms with Gasteiger partial charge in [-0.05, 0) is 31.5 Å². The molecule has 0 unspecified atom stereocenters. The largest absolute Gasteiger partial charge is 0.357 e. The first kappa shape index (κ1) is 17.4.